The van der Waals surface area contributed by atoms with Gasteiger partial charge in [0.2, 0.25) is 5.78 Å². The van der Waals surface area contributed by atoms with Gasteiger partial charge in [-0.2, -0.15) is 0 Å². The Kier molecular flexibility index (Phi) is 0.887. The van der Waals surface area contributed by atoms with Gasteiger partial charge in [0.05, 0.1) is 0 Å². The Morgan fingerprint density at radius 2 is 2.40 bits per heavy atom. The molecule has 4 nitrogen and oxygen atoms in total. The van der Waals surface area contributed by atoms with Crippen LogP contribution in [0.5, 0.6) is 0 Å². The highest BCUT2D eigenvalue weighted by Crippen LogP contribution is 1.89. The number of nitrogens with zero attached hydrogens (tertiary/aromatic N) is 2. The monoisotopic (exact) mass is 135 g/mol. The Morgan fingerprint density at radius 1 is 1.50 bits per heavy atom. The Hall–Kier alpha value is -1.58. The predicted molar refractivity (Wildman–Crippen MR) is 35.8 cm³/mol. The van der Waals surface area contributed by atoms with Gasteiger partial charge >= 0.3 is 0 Å². The molecule has 0 atom stereocenters. The van der Waals surface area contributed by atoms with Gasteiger partial charge in [-0.25, -0.2) is 4.98 Å². The third-order valence-electron chi connectivity index (χ3n) is 1.29. The molecule has 0 aliphatic carbocycles. The van der Waals surface area contributed by atoms with E-state index in [1.54, 1.807) is 23.0 Å². The van der Waals surface area contributed by atoms with E-state index in [-0.39, 0.29) is 5.56 Å². The van der Waals surface area contributed by atoms with Crippen molar-refractivity contribution in [1.82, 2.24) is 14.4 Å². The summed E-state index contributed by atoms with van der Waals surface area (Å²) in [5.74, 6) is 0.576. The van der Waals surface area contributed by atoms with Crippen LogP contribution in [0.15, 0.2) is 29.5 Å². The van der Waals surface area contributed by atoms with Crippen LogP contribution < -0.4 is 5.56 Å². The van der Waals surface area contributed by atoms with E-state index in [1.807, 2.05) is 0 Å². The SMILES string of the molecule is O=c1ccn2ccnc2[nH]1. The zero-order chi connectivity index (χ0) is 6.97. The Morgan fingerprint density at radius 3 is 3.30 bits per heavy atom. The number of imidazole rings is 1. The zero-order valence-electron chi connectivity index (χ0n) is 5.11. The molecule has 0 aliphatic heterocycles. The lowest BCUT2D eigenvalue weighted by Crippen LogP contribution is -2.05. The van der Waals surface area contributed by atoms with Gasteiger partial charge in [0.25, 0.3) is 5.56 Å². The number of aromatic nitrogens is 3. The van der Waals surface area contributed by atoms with Crippen molar-refractivity contribution in [3.63, 3.8) is 0 Å². The van der Waals surface area contributed by atoms with Crippen LogP contribution in [0, 0.1) is 0 Å². The van der Waals surface area contributed by atoms with Gasteiger partial charge in [-0.3, -0.25) is 14.2 Å². The fraction of sp³-hybridized carbons (Fsp3) is 0. The van der Waals surface area contributed by atoms with Crippen LogP contribution in [0.3, 0.4) is 0 Å². The molecule has 4 heteroatoms. The summed E-state index contributed by atoms with van der Waals surface area (Å²) in [5, 5.41) is 0. The van der Waals surface area contributed by atoms with Gasteiger partial charge in [-0.05, 0) is 0 Å². The molecule has 2 aromatic heterocycles. The van der Waals surface area contributed by atoms with Crippen molar-refractivity contribution in [3.05, 3.63) is 35.0 Å². The lowest BCUT2D eigenvalue weighted by atomic mass is 10.6. The second-order valence-electron chi connectivity index (χ2n) is 1.96. The lowest BCUT2D eigenvalue weighted by molar-refractivity contribution is 1.08. The van der Waals surface area contributed by atoms with Gasteiger partial charge < -0.3 is 0 Å². The summed E-state index contributed by atoms with van der Waals surface area (Å²) in [6, 6.07) is 1.45. The number of H-pyrrole nitrogens is 1. The van der Waals surface area contributed by atoms with E-state index in [9.17, 15) is 4.79 Å². The average molecular weight is 135 g/mol. The number of rotatable bonds is 0. The van der Waals surface area contributed by atoms with E-state index in [2.05, 4.69) is 9.97 Å². The first-order valence-electron chi connectivity index (χ1n) is 2.88. The molecular formula is C6H5N3O. The van der Waals surface area contributed by atoms with Crippen LogP contribution in [0.25, 0.3) is 5.78 Å². The molecule has 2 aromatic rings. The van der Waals surface area contributed by atoms with E-state index in [0.29, 0.717) is 5.78 Å². The van der Waals surface area contributed by atoms with Crippen LogP contribution in [-0.2, 0) is 0 Å². The fourth-order valence-electron chi connectivity index (χ4n) is 0.830. The summed E-state index contributed by atoms with van der Waals surface area (Å²) >= 11 is 0. The highest BCUT2D eigenvalue weighted by Gasteiger charge is 1.89. The molecule has 0 aromatic carbocycles. The maximum absolute atomic E-state index is 10.7. The van der Waals surface area contributed by atoms with Crippen molar-refractivity contribution < 1.29 is 0 Å². The van der Waals surface area contributed by atoms with Crippen LogP contribution in [0.4, 0.5) is 0 Å². The number of aromatic amines is 1. The van der Waals surface area contributed by atoms with Crippen molar-refractivity contribution >= 4 is 5.78 Å². The maximum Gasteiger partial charge on any atom is 0.252 e. The molecule has 2 rings (SSSR count). The first-order chi connectivity index (χ1) is 4.86. The molecule has 10 heavy (non-hydrogen) atoms. The second kappa shape index (κ2) is 1.70. The summed E-state index contributed by atoms with van der Waals surface area (Å²) in [6.07, 6.45) is 5.07. The zero-order valence-corrected chi connectivity index (χ0v) is 5.11. The molecule has 0 saturated carbocycles. The summed E-state index contributed by atoms with van der Waals surface area (Å²) in [7, 11) is 0. The molecule has 0 saturated heterocycles. The number of hydrogen-bond donors (Lipinski definition) is 1. The van der Waals surface area contributed by atoms with Gasteiger partial charge in [0.15, 0.2) is 0 Å². The van der Waals surface area contributed by atoms with Crippen molar-refractivity contribution in [3.8, 4) is 0 Å². The minimum absolute atomic E-state index is 0.126. The largest absolute Gasteiger partial charge is 0.293 e. The first kappa shape index (κ1) is 5.22. The smallest absolute Gasteiger partial charge is 0.252 e. The summed E-state index contributed by atoms with van der Waals surface area (Å²) in [4.78, 5) is 17.1. The maximum atomic E-state index is 10.7. The van der Waals surface area contributed by atoms with E-state index in [1.165, 1.54) is 6.07 Å². The molecule has 0 radical (unpaired) electrons. The van der Waals surface area contributed by atoms with E-state index in [0.717, 1.165) is 0 Å². The third kappa shape index (κ3) is 0.621. The van der Waals surface area contributed by atoms with E-state index in [4.69, 9.17) is 0 Å². The van der Waals surface area contributed by atoms with Gasteiger partial charge in [-0.1, -0.05) is 0 Å². The van der Waals surface area contributed by atoms with Gasteiger partial charge in [-0.15, -0.1) is 0 Å². The normalized spacial score (nSPS) is 10.4. The van der Waals surface area contributed by atoms with Gasteiger partial charge in [0, 0.05) is 24.7 Å². The predicted octanol–water partition coefficient (Wildman–Crippen LogP) is 0.0226. The van der Waals surface area contributed by atoms with Crippen molar-refractivity contribution in [2.45, 2.75) is 0 Å². The number of hydrogen-bond acceptors (Lipinski definition) is 2. The lowest BCUT2D eigenvalue weighted by Gasteiger charge is -1.87. The van der Waals surface area contributed by atoms with Crippen LogP contribution in [0.2, 0.25) is 0 Å². The van der Waals surface area contributed by atoms with Crippen molar-refractivity contribution in [2.75, 3.05) is 0 Å². The molecule has 0 aliphatic rings. The van der Waals surface area contributed by atoms with Crippen molar-refractivity contribution in [1.29, 1.82) is 0 Å². The fourth-order valence-corrected chi connectivity index (χ4v) is 0.830. The Labute approximate surface area is 56.2 Å². The molecule has 0 amide bonds. The van der Waals surface area contributed by atoms with E-state index >= 15 is 0 Å². The summed E-state index contributed by atoms with van der Waals surface area (Å²) < 4.78 is 1.74. The number of nitrogens with one attached hydrogen (secondary N) is 1. The van der Waals surface area contributed by atoms with Crippen LogP contribution in [-0.4, -0.2) is 14.4 Å². The first-order valence-corrected chi connectivity index (χ1v) is 2.88. The molecule has 0 unspecified atom stereocenters. The molecule has 2 heterocycles. The summed E-state index contributed by atoms with van der Waals surface area (Å²) in [6.45, 7) is 0. The molecule has 1 N–H and O–H groups in total. The minimum atomic E-state index is -0.126. The van der Waals surface area contributed by atoms with Crippen molar-refractivity contribution in [2.24, 2.45) is 0 Å². The molecule has 0 bridgehead atoms. The third-order valence-corrected chi connectivity index (χ3v) is 1.29. The number of fused-ring (bicyclic) bond motifs is 1. The van der Waals surface area contributed by atoms with Crippen LogP contribution in [0.1, 0.15) is 0 Å². The molecular weight excluding hydrogens is 130 g/mol. The highest BCUT2D eigenvalue weighted by atomic mass is 16.1. The quantitative estimate of drug-likeness (QED) is 0.553. The Bertz CT molecular complexity index is 400. The molecule has 0 spiro atoms. The standard InChI is InChI=1S/C6H5N3O/c10-5-1-3-9-4-2-7-6(9)8-5/h1-4H,(H,7,8,10). The van der Waals surface area contributed by atoms with Gasteiger partial charge in [0.1, 0.15) is 0 Å². The van der Waals surface area contributed by atoms with E-state index < -0.39 is 0 Å². The molecule has 0 fully saturated rings. The summed E-state index contributed by atoms with van der Waals surface area (Å²) in [5.41, 5.74) is -0.126. The topological polar surface area (TPSA) is 50.2 Å². The second-order valence-corrected chi connectivity index (χ2v) is 1.96. The highest BCUT2D eigenvalue weighted by molar-refractivity contribution is 5.25. The molecule has 50 valence electrons. The Balaban J connectivity index is 2.99. The average Bonchev–Trinajstić information content (AvgIpc) is 2.33. The van der Waals surface area contributed by atoms with Crippen LogP contribution >= 0.6 is 0 Å². The minimum Gasteiger partial charge on any atom is -0.293 e.